The van der Waals surface area contributed by atoms with Gasteiger partial charge in [0.25, 0.3) is 0 Å². The van der Waals surface area contributed by atoms with Crippen LogP contribution in [0.2, 0.25) is 0 Å². The maximum atomic E-state index is 12.3. The Hall–Kier alpha value is -4.64. The second kappa shape index (κ2) is 11.8. The van der Waals surface area contributed by atoms with E-state index >= 15 is 0 Å². The van der Waals surface area contributed by atoms with Crippen molar-refractivity contribution in [2.75, 3.05) is 64.0 Å². The molecule has 0 aliphatic rings. The third-order valence-corrected chi connectivity index (χ3v) is 6.20. The number of ether oxygens (including phenoxy) is 2. The number of aromatic nitrogens is 4. The van der Waals surface area contributed by atoms with Crippen molar-refractivity contribution in [1.29, 1.82) is 0 Å². The van der Waals surface area contributed by atoms with Crippen LogP contribution in [0, 0.1) is 6.92 Å². The number of anilines is 4. The molecule has 0 atom stereocenters. The largest absolute Gasteiger partial charge is 0.497 e. The first kappa shape index (κ1) is 27.4. The van der Waals surface area contributed by atoms with Gasteiger partial charge in [0.15, 0.2) is 0 Å². The van der Waals surface area contributed by atoms with Gasteiger partial charge in [-0.3, -0.25) is 9.36 Å². The lowest BCUT2D eigenvalue weighted by atomic mass is 10.2. The molecule has 0 aliphatic heterocycles. The van der Waals surface area contributed by atoms with Gasteiger partial charge in [0.2, 0.25) is 11.9 Å². The lowest BCUT2D eigenvalue weighted by Gasteiger charge is -2.26. The Morgan fingerprint density at radius 2 is 1.85 bits per heavy atom. The lowest BCUT2D eigenvalue weighted by Crippen LogP contribution is -2.29. The molecule has 11 nitrogen and oxygen atoms in total. The zero-order chi connectivity index (χ0) is 28.1. The number of hydrogen-bond acceptors (Lipinski definition) is 9. The predicted molar refractivity (Wildman–Crippen MR) is 155 cm³/mol. The van der Waals surface area contributed by atoms with Crippen LogP contribution in [0.15, 0.2) is 55.3 Å². The molecule has 0 unspecified atom stereocenters. The van der Waals surface area contributed by atoms with Crippen molar-refractivity contribution in [2.45, 2.75) is 6.92 Å². The van der Waals surface area contributed by atoms with E-state index in [0.717, 1.165) is 41.4 Å². The molecule has 0 bridgehead atoms. The standard InChI is InChI=1S/C28H34N8O3/c1-8-27(37)31-21-16-22(25(39-7)17-24(21)35(5)14-13-34(3)4)32-28-29-12-11-26(33-28)36-18(2)30-20-15-19(38-6)9-10-23(20)36/h8-12,15-17H,1,13-14H2,2-7H3,(H,31,37)(H,29,32,33). The minimum absolute atomic E-state index is 0.314. The molecule has 2 aromatic heterocycles. The quantitative estimate of drug-likeness (QED) is 0.278. The Bertz CT molecular complexity index is 1500. The molecule has 0 aliphatic carbocycles. The third kappa shape index (κ3) is 6.10. The summed E-state index contributed by atoms with van der Waals surface area (Å²) in [7, 11) is 9.22. The second-order valence-corrected chi connectivity index (χ2v) is 9.20. The zero-order valence-corrected chi connectivity index (χ0v) is 23.1. The summed E-state index contributed by atoms with van der Waals surface area (Å²) in [5.41, 5.74) is 3.70. The molecule has 0 spiro atoms. The van der Waals surface area contributed by atoms with E-state index in [1.807, 2.05) is 69.0 Å². The summed E-state index contributed by atoms with van der Waals surface area (Å²) in [4.78, 5) is 30.2. The molecule has 0 saturated heterocycles. The summed E-state index contributed by atoms with van der Waals surface area (Å²) < 4.78 is 13.0. The fourth-order valence-corrected chi connectivity index (χ4v) is 4.16. The van der Waals surface area contributed by atoms with Crippen LogP contribution in [0.3, 0.4) is 0 Å². The van der Waals surface area contributed by atoms with Crippen molar-refractivity contribution in [3.63, 3.8) is 0 Å². The highest BCUT2D eigenvalue weighted by atomic mass is 16.5. The Kier molecular flexibility index (Phi) is 8.30. The van der Waals surface area contributed by atoms with E-state index in [4.69, 9.17) is 14.5 Å². The molecule has 2 aromatic carbocycles. The van der Waals surface area contributed by atoms with Gasteiger partial charge in [-0.2, -0.15) is 4.98 Å². The molecule has 2 heterocycles. The fourth-order valence-electron chi connectivity index (χ4n) is 4.16. The van der Waals surface area contributed by atoms with Crippen LogP contribution in [0.5, 0.6) is 11.5 Å². The van der Waals surface area contributed by atoms with E-state index in [1.165, 1.54) is 6.08 Å². The molecular weight excluding hydrogens is 496 g/mol. The number of aryl methyl sites for hydroxylation is 1. The van der Waals surface area contributed by atoms with Gasteiger partial charge in [-0.25, -0.2) is 9.97 Å². The molecule has 0 radical (unpaired) electrons. The monoisotopic (exact) mass is 530 g/mol. The Morgan fingerprint density at radius 1 is 1.05 bits per heavy atom. The number of rotatable bonds is 11. The van der Waals surface area contributed by atoms with Gasteiger partial charge in [-0.05, 0) is 51.4 Å². The van der Waals surface area contributed by atoms with Crippen molar-refractivity contribution in [1.82, 2.24) is 24.4 Å². The zero-order valence-electron chi connectivity index (χ0n) is 23.1. The first-order valence-electron chi connectivity index (χ1n) is 12.4. The molecular formula is C28H34N8O3. The number of nitrogens with one attached hydrogen (secondary N) is 2. The SMILES string of the molecule is C=CC(=O)Nc1cc(Nc2nccc(-n3c(C)nc4cc(OC)ccc43)n2)c(OC)cc1N(C)CCN(C)C. The number of hydrogen-bond donors (Lipinski definition) is 2. The van der Waals surface area contributed by atoms with Gasteiger partial charge in [-0.1, -0.05) is 6.58 Å². The van der Waals surface area contributed by atoms with Gasteiger partial charge in [0.05, 0.1) is 42.3 Å². The average Bonchev–Trinajstić information content (AvgIpc) is 3.26. The molecule has 11 heteroatoms. The number of amides is 1. The van der Waals surface area contributed by atoms with Crippen LogP contribution >= 0.6 is 0 Å². The van der Waals surface area contributed by atoms with E-state index in [1.54, 1.807) is 20.4 Å². The molecule has 39 heavy (non-hydrogen) atoms. The van der Waals surface area contributed by atoms with Crippen LogP contribution in [-0.2, 0) is 4.79 Å². The molecule has 4 rings (SSSR count). The van der Waals surface area contributed by atoms with E-state index < -0.39 is 0 Å². The van der Waals surface area contributed by atoms with Crippen LogP contribution < -0.4 is 25.0 Å². The average molecular weight is 531 g/mol. The maximum absolute atomic E-state index is 12.3. The highest BCUT2D eigenvalue weighted by Crippen LogP contribution is 2.38. The van der Waals surface area contributed by atoms with E-state index in [2.05, 4.69) is 37.0 Å². The highest BCUT2D eigenvalue weighted by Gasteiger charge is 2.17. The molecule has 0 saturated carbocycles. The fraction of sp³-hybridized carbons (Fsp3) is 0.286. The van der Waals surface area contributed by atoms with E-state index in [9.17, 15) is 4.79 Å². The van der Waals surface area contributed by atoms with E-state index in [-0.39, 0.29) is 5.91 Å². The maximum Gasteiger partial charge on any atom is 0.247 e. The summed E-state index contributed by atoms with van der Waals surface area (Å²) in [6.07, 6.45) is 2.91. The van der Waals surface area contributed by atoms with Gasteiger partial charge in [-0.15, -0.1) is 0 Å². The van der Waals surface area contributed by atoms with Gasteiger partial charge >= 0.3 is 0 Å². The second-order valence-electron chi connectivity index (χ2n) is 9.20. The summed E-state index contributed by atoms with van der Waals surface area (Å²) in [5, 5.41) is 6.16. The number of nitrogens with zero attached hydrogens (tertiary/aromatic N) is 6. The summed E-state index contributed by atoms with van der Waals surface area (Å²) in [6.45, 7) is 7.08. The Morgan fingerprint density at radius 3 is 2.54 bits per heavy atom. The smallest absolute Gasteiger partial charge is 0.247 e. The van der Waals surface area contributed by atoms with Crippen molar-refractivity contribution >= 4 is 40.0 Å². The van der Waals surface area contributed by atoms with Crippen molar-refractivity contribution < 1.29 is 14.3 Å². The minimum atomic E-state index is -0.314. The van der Waals surface area contributed by atoms with Crippen molar-refractivity contribution in [3.8, 4) is 17.3 Å². The molecule has 204 valence electrons. The number of fused-ring (bicyclic) bond motifs is 1. The normalized spacial score (nSPS) is 10.9. The predicted octanol–water partition coefficient (Wildman–Crippen LogP) is 4.01. The highest BCUT2D eigenvalue weighted by molar-refractivity contribution is 6.02. The van der Waals surface area contributed by atoms with Gasteiger partial charge in [0, 0.05) is 38.5 Å². The Labute approximate surface area is 228 Å². The minimum Gasteiger partial charge on any atom is -0.497 e. The molecule has 4 aromatic rings. The number of benzene rings is 2. The van der Waals surface area contributed by atoms with Crippen LogP contribution in [0.4, 0.5) is 23.0 Å². The van der Waals surface area contributed by atoms with Crippen molar-refractivity contribution in [3.05, 3.63) is 61.1 Å². The summed E-state index contributed by atoms with van der Waals surface area (Å²) >= 11 is 0. The van der Waals surface area contributed by atoms with Gasteiger partial charge < -0.3 is 29.9 Å². The molecule has 2 N–H and O–H groups in total. The Balaban J connectivity index is 1.71. The summed E-state index contributed by atoms with van der Waals surface area (Å²) in [6, 6.07) is 11.2. The summed E-state index contributed by atoms with van der Waals surface area (Å²) in [5.74, 6) is 2.78. The van der Waals surface area contributed by atoms with E-state index in [0.29, 0.717) is 28.9 Å². The first-order chi connectivity index (χ1) is 18.7. The van der Waals surface area contributed by atoms with Crippen LogP contribution in [0.25, 0.3) is 16.9 Å². The molecule has 1 amide bonds. The number of imidazole rings is 1. The third-order valence-electron chi connectivity index (χ3n) is 6.20. The van der Waals surface area contributed by atoms with Gasteiger partial charge in [0.1, 0.15) is 23.1 Å². The van der Waals surface area contributed by atoms with Crippen LogP contribution in [-0.4, -0.2) is 78.8 Å². The molecule has 0 fully saturated rings. The topological polar surface area (TPSA) is 110 Å². The number of carbonyl (C=O) groups is 1. The first-order valence-corrected chi connectivity index (χ1v) is 12.4. The number of methoxy groups -OCH3 is 2. The number of carbonyl (C=O) groups excluding carboxylic acids is 1. The van der Waals surface area contributed by atoms with Crippen molar-refractivity contribution in [2.24, 2.45) is 0 Å². The number of likely N-dealkylation sites (N-methyl/N-ethyl adjacent to an activating group) is 2. The van der Waals surface area contributed by atoms with Crippen LogP contribution in [0.1, 0.15) is 5.82 Å². The lowest BCUT2D eigenvalue weighted by molar-refractivity contribution is -0.111.